The normalized spacial score (nSPS) is 23.6. The SMILES string of the molecule is [2H][13C]([2H])([13C](=O)O)[13C]([2H])([2H])[13C]([2H])([2H])[13C](=O)O. The molecule has 2 N–H and O–H groups in total. The van der Waals surface area contributed by atoms with E-state index in [0.717, 1.165) is 0 Å². The van der Waals surface area contributed by atoms with Gasteiger partial charge in [0.15, 0.2) is 0 Å². The highest BCUT2D eigenvalue weighted by atomic mass is 16.5. The first-order chi connectivity index (χ1) is 6.39. The molecular weight excluding hydrogens is 129 g/mol. The van der Waals surface area contributed by atoms with E-state index in [2.05, 4.69) is 0 Å². The lowest BCUT2D eigenvalue weighted by Crippen LogP contribution is -1.98. The van der Waals surface area contributed by atoms with Crippen molar-refractivity contribution in [2.24, 2.45) is 0 Å². The number of carboxylic acids is 2. The molecule has 4 heteroatoms. The lowest BCUT2D eigenvalue weighted by Gasteiger charge is -1.89. The van der Waals surface area contributed by atoms with Crippen LogP contribution in [-0.4, -0.2) is 22.2 Å². The predicted molar refractivity (Wildman–Crippen MR) is 29.1 cm³/mol. The van der Waals surface area contributed by atoms with Crippen molar-refractivity contribution in [1.82, 2.24) is 0 Å². The zero-order valence-corrected chi connectivity index (χ0v) is 4.21. The summed E-state index contributed by atoms with van der Waals surface area (Å²) in [5.74, 6) is -4.53. The highest BCUT2D eigenvalue weighted by Crippen LogP contribution is 1.93. The zero-order valence-electron chi connectivity index (χ0n) is 10.2. The second kappa shape index (κ2) is 3.88. The maximum absolute atomic E-state index is 10.4. The van der Waals surface area contributed by atoms with Gasteiger partial charge in [0.1, 0.15) is 0 Å². The molecule has 0 atom stereocenters. The fourth-order valence-corrected chi connectivity index (χ4v) is 0.138. The van der Waals surface area contributed by atoms with Gasteiger partial charge in [0.25, 0.3) is 0 Å². The van der Waals surface area contributed by atoms with Gasteiger partial charge in [0.2, 0.25) is 0 Å². The van der Waals surface area contributed by atoms with Crippen molar-refractivity contribution in [3.05, 3.63) is 0 Å². The minimum atomic E-state index is -3.70. The fourth-order valence-electron chi connectivity index (χ4n) is 0.138. The van der Waals surface area contributed by atoms with Crippen LogP contribution in [0.1, 0.15) is 27.3 Å². The maximum atomic E-state index is 10.4. The van der Waals surface area contributed by atoms with E-state index in [9.17, 15) is 9.59 Å². The average Bonchev–Trinajstić information content (AvgIpc) is 2.02. The molecule has 0 saturated carbocycles. The van der Waals surface area contributed by atoms with Gasteiger partial charge in [-0.05, 0) is 6.37 Å². The van der Waals surface area contributed by atoms with Crippen LogP contribution in [0.3, 0.4) is 0 Å². The van der Waals surface area contributed by atoms with Gasteiger partial charge in [0, 0.05) is 21.0 Å². The third kappa shape index (κ3) is 6.94. The van der Waals surface area contributed by atoms with E-state index >= 15 is 0 Å². The molecule has 4 nitrogen and oxygen atoms in total. The molecule has 0 fully saturated rings. The Morgan fingerprint density at radius 1 is 1.22 bits per heavy atom. The summed E-state index contributed by atoms with van der Waals surface area (Å²) in [6.45, 7) is 0. The Hall–Kier alpha value is -1.06. The molecule has 0 aliphatic rings. The molecule has 0 aromatic heterocycles. The van der Waals surface area contributed by atoms with E-state index in [1.165, 1.54) is 0 Å². The van der Waals surface area contributed by atoms with E-state index in [1.54, 1.807) is 0 Å². The van der Waals surface area contributed by atoms with E-state index in [-0.39, 0.29) is 0 Å². The molecule has 0 bridgehead atoms. The molecule has 0 aromatic carbocycles. The molecule has 0 saturated heterocycles. The Morgan fingerprint density at radius 2 is 1.56 bits per heavy atom. The number of rotatable bonds is 4. The number of hydrogen-bond donors (Lipinski definition) is 2. The van der Waals surface area contributed by atoms with Crippen LogP contribution in [0.15, 0.2) is 0 Å². The summed E-state index contributed by atoms with van der Waals surface area (Å²) in [5, 5.41) is 16.7. The summed E-state index contributed by atoms with van der Waals surface area (Å²) in [6, 6.07) is 0. The van der Waals surface area contributed by atoms with E-state index in [1.807, 2.05) is 0 Å². The standard InChI is InChI=1S/C5H8O4/c6-4(7)2-1-3-5(8)9/h1-3H2,(H,6,7)(H,8,9)/i1+1D2,2+1D2,3+1D2,4+1,5+1. The van der Waals surface area contributed by atoms with Gasteiger partial charge in [-0.1, -0.05) is 0 Å². The molecule has 0 heterocycles. The van der Waals surface area contributed by atoms with E-state index < -0.39 is 31.1 Å². The van der Waals surface area contributed by atoms with E-state index in [0.29, 0.717) is 0 Å². The smallest absolute Gasteiger partial charge is 0.303 e. The molecular formula is C5H8O4. The minimum absolute atomic E-state index is 2.27. The largest absolute Gasteiger partial charge is 0.481 e. The monoisotopic (exact) mass is 143 g/mol. The molecule has 0 aliphatic carbocycles. The van der Waals surface area contributed by atoms with Gasteiger partial charge in [-0.15, -0.1) is 0 Å². The van der Waals surface area contributed by atoms with Crippen molar-refractivity contribution in [3.8, 4) is 0 Å². The topological polar surface area (TPSA) is 74.6 Å². The van der Waals surface area contributed by atoms with Crippen molar-refractivity contribution < 1.29 is 28.0 Å². The van der Waals surface area contributed by atoms with Gasteiger partial charge >= 0.3 is 11.9 Å². The van der Waals surface area contributed by atoms with Crippen LogP contribution in [0.25, 0.3) is 0 Å². The summed E-state index contributed by atoms with van der Waals surface area (Å²) < 4.78 is 41.2. The fraction of sp³-hybridized carbons (Fsp3) is 0.600. The van der Waals surface area contributed by atoms with Gasteiger partial charge in [-0.2, -0.15) is 0 Å². The van der Waals surface area contributed by atoms with E-state index in [4.69, 9.17) is 18.4 Å². The number of carbonyl (C=O) groups is 2. The molecule has 0 radical (unpaired) electrons. The number of hydrogen-bond acceptors (Lipinski definition) is 2. The van der Waals surface area contributed by atoms with Crippen molar-refractivity contribution in [2.75, 3.05) is 0 Å². The Kier molecular flexibility index (Phi) is 0.986. The van der Waals surface area contributed by atoms with Gasteiger partial charge in [-0.25, -0.2) is 0 Å². The summed E-state index contributed by atoms with van der Waals surface area (Å²) in [7, 11) is 0. The highest BCUT2D eigenvalue weighted by molar-refractivity contribution is 5.69. The molecule has 52 valence electrons. The average molecular weight is 143 g/mol. The summed E-state index contributed by atoms with van der Waals surface area (Å²) >= 11 is 0. The van der Waals surface area contributed by atoms with Crippen molar-refractivity contribution in [1.29, 1.82) is 0 Å². The number of aliphatic carboxylic acids is 2. The first kappa shape index (κ1) is 2.28. The summed E-state index contributed by atoms with van der Waals surface area (Å²) in [6.07, 6.45) is -11.0. The lowest BCUT2D eigenvalue weighted by molar-refractivity contribution is -0.138. The third-order valence-electron chi connectivity index (χ3n) is 0.339. The number of carboxylic acid groups (broad SMARTS) is 2. The van der Waals surface area contributed by atoms with Crippen LogP contribution in [0, 0.1) is 0 Å². The first-order valence-corrected chi connectivity index (χ1v) is 1.86. The first-order valence-electron chi connectivity index (χ1n) is 4.86. The summed E-state index contributed by atoms with van der Waals surface area (Å²) in [4.78, 5) is 20.7. The molecule has 9 heavy (non-hydrogen) atoms. The van der Waals surface area contributed by atoms with Gasteiger partial charge < -0.3 is 10.2 Å². The molecule has 0 amide bonds. The Morgan fingerprint density at radius 3 is 1.78 bits per heavy atom. The third-order valence-corrected chi connectivity index (χ3v) is 0.339. The van der Waals surface area contributed by atoms with Crippen LogP contribution < -0.4 is 0 Å². The highest BCUT2D eigenvalue weighted by Gasteiger charge is 1.99. The molecule has 0 aromatic rings. The molecule has 0 aliphatic heterocycles. The predicted octanol–water partition coefficient (Wildman–Crippen LogP) is 0.326. The second-order valence-electron chi connectivity index (χ2n) is 0.985. The summed E-state index contributed by atoms with van der Waals surface area (Å²) in [5.41, 5.74) is 0. The molecule has 0 spiro atoms. The maximum Gasteiger partial charge on any atom is 0.303 e. The van der Waals surface area contributed by atoms with Crippen LogP contribution in [0.5, 0.6) is 0 Å². The molecule has 0 rings (SSSR count). The van der Waals surface area contributed by atoms with Crippen LogP contribution in [0.2, 0.25) is 0 Å². The van der Waals surface area contributed by atoms with Gasteiger partial charge in [-0.3, -0.25) is 9.59 Å². The Bertz CT molecular complexity index is 270. The molecule has 0 unspecified atom stereocenters. The second-order valence-corrected chi connectivity index (χ2v) is 0.985. The van der Waals surface area contributed by atoms with Crippen LogP contribution >= 0.6 is 0 Å². The van der Waals surface area contributed by atoms with Gasteiger partial charge in [0.05, 0.1) is 0 Å². The minimum Gasteiger partial charge on any atom is -0.481 e. The van der Waals surface area contributed by atoms with Crippen molar-refractivity contribution >= 4 is 11.9 Å². The van der Waals surface area contributed by atoms with Crippen molar-refractivity contribution in [2.45, 2.75) is 19.1 Å². The van der Waals surface area contributed by atoms with Crippen LogP contribution in [-0.2, 0) is 9.59 Å². The quantitative estimate of drug-likeness (QED) is 0.556. The van der Waals surface area contributed by atoms with Crippen LogP contribution in [0.4, 0.5) is 0 Å². The van der Waals surface area contributed by atoms with Crippen molar-refractivity contribution in [3.63, 3.8) is 0 Å². The zero-order chi connectivity index (χ0) is 12.7. The Balaban J connectivity index is 5.50. The lowest BCUT2D eigenvalue weighted by atomic mass is 11.2. The Labute approximate surface area is 60.5 Å².